The average Bonchev–Trinajstić information content (AvgIpc) is 2.93. The molecule has 2 aromatic rings. The average molecular weight is 383 g/mol. The predicted molar refractivity (Wildman–Crippen MR) is 97.0 cm³/mol. The minimum Gasteiger partial charge on any atom is -0.370 e. The van der Waals surface area contributed by atoms with E-state index in [9.17, 15) is 18.0 Å². The maximum Gasteiger partial charge on any atom is 0.416 e. The predicted octanol–water partition coefficient (Wildman–Crippen LogP) is 5.02. The van der Waals surface area contributed by atoms with Gasteiger partial charge < -0.3 is 10.2 Å². The largest absolute Gasteiger partial charge is 0.416 e. The first-order chi connectivity index (χ1) is 12.3. The monoisotopic (exact) mass is 383 g/mol. The second-order valence-corrected chi connectivity index (χ2v) is 7.58. The zero-order valence-electron chi connectivity index (χ0n) is 14.6. The minimum atomic E-state index is -4.46. The third kappa shape index (κ3) is 4.00. The number of nitrogens with one attached hydrogen (secondary N) is 1. The van der Waals surface area contributed by atoms with Gasteiger partial charge in [0.2, 0.25) is 0 Å². The van der Waals surface area contributed by atoms with E-state index in [0.29, 0.717) is 16.3 Å². The molecule has 0 saturated carbocycles. The SMILES string of the molecule is Cc1nc(C)c(C(=O)Nc2cc(C(F)(F)F)ccc2N2CCCCC2)s1. The first-order valence-electron chi connectivity index (χ1n) is 8.47. The molecule has 1 N–H and O–H groups in total. The number of piperidine rings is 1. The van der Waals surface area contributed by atoms with Gasteiger partial charge >= 0.3 is 6.18 Å². The van der Waals surface area contributed by atoms with E-state index in [0.717, 1.165) is 49.5 Å². The van der Waals surface area contributed by atoms with Crippen molar-refractivity contribution in [2.24, 2.45) is 0 Å². The van der Waals surface area contributed by atoms with Gasteiger partial charge in [-0.2, -0.15) is 13.2 Å². The number of benzene rings is 1. The molecule has 1 saturated heterocycles. The van der Waals surface area contributed by atoms with Crippen molar-refractivity contribution in [1.82, 2.24) is 4.98 Å². The standard InChI is InChI=1S/C18H20F3N3OS/c1-11-16(26-12(2)22-11)17(25)23-14-10-13(18(19,20)21)6-7-15(14)24-8-4-3-5-9-24/h6-7,10H,3-5,8-9H2,1-2H3,(H,23,25). The van der Waals surface area contributed by atoms with E-state index in [1.54, 1.807) is 13.8 Å². The highest BCUT2D eigenvalue weighted by molar-refractivity contribution is 7.13. The number of rotatable bonds is 3. The molecule has 0 unspecified atom stereocenters. The molecule has 140 valence electrons. The van der Waals surface area contributed by atoms with Gasteiger partial charge in [-0.1, -0.05) is 0 Å². The third-order valence-corrected chi connectivity index (χ3v) is 5.45. The Morgan fingerprint density at radius 3 is 2.46 bits per heavy atom. The van der Waals surface area contributed by atoms with Gasteiger partial charge in [0.25, 0.3) is 5.91 Å². The van der Waals surface area contributed by atoms with Crippen LogP contribution in [0.1, 0.15) is 45.2 Å². The summed E-state index contributed by atoms with van der Waals surface area (Å²) in [5.41, 5.74) is 0.629. The van der Waals surface area contributed by atoms with Crippen LogP contribution in [0.5, 0.6) is 0 Å². The van der Waals surface area contributed by atoms with Crippen molar-refractivity contribution < 1.29 is 18.0 Å². The summed E-state index contributed by atoms with van der Waals surface area (Å²) in [5, 5.41) is 3.42. The molecule has 1 aliphatic heterocycles. The maximum absolute atomic E-state index is 13.1. The molecule has 4 nitrogen and oxygen atoms in total. The Bertz CT molecular complexity index is 810. The Morgan fingerprint density at radius 1 is 1.19 bits per heavy atom. The second-order valence-electron chi connectivity index (χ2n) is 6.38. The number of halogens is 3. The fraction of sp³-hybridized carbons (Fsp3) is 0.444. The van der Waals surface area contributed by atoms with Crippen LogP contribution in [-0.4, -0.2) is 24.0 Å². The fourth-order valence-electron chi connectivity index (χ4n) is 3.14. The Labute approximate surface area is 154 Å². The van der Waals surface area contributed by atoms with Crippen molar-refractivity contribution in [3.05, 3.63) is 39.3 Å². The summed E-state index contributed by atoms with van der Waals surface area (Å²) in [7, 11) is 0. The topological polar surface area (TPSA) is 45.2 Å². The van der Waals surface area contributed by atoms with E-state index in [4.69, 9.17) is 0 Å². The highest BCUT2D eigenvalue weighted by atomic mass is 32.1. The summed E-state index contributed by atoms with van der Waals surface area (Å²) in [4.78, 5) is 19.3. The minimum absolute atomic E-state index is 0.192. The Balaban J connectivity index is 1.96. The van der Waals surface area contributed by atoms with Gasteiger partial charge in [0, 0.05) is 13.1 Å². The Hall–Kier alpha value is -2.09. The van der Waals surface area contributed by atoms with E-state index in [2.05, 4.69) is 10.3 Å². The van der Waals surface area contributed by atoms with Crippen LogP contribution < -0.4 is 10.2 Å². The number of carbonyl (C=O) groups is 1. The van der Waals surface area contributed by atoms with Crippen LogP contribution in [0.2, 0.25) is 0 Å². The number of carbonyl (C=O) groups excluding carboxylic acids is 1. The van der Waals surface area contributed by atoms with Gasteiger partial charge in [0.1, 0.15) is 4.88 Å². The normalized spacial score (nSPS) is 15.2. The molecule has 1 fully saturated rings. The van der Waals surface area contributed by atoms with Gasteiger partial charge in [-0.05, 0) is 51.3 Å². The molecule has 0 atom stereocenters. The molecule has 1 aliphatic rings. The lowest BCUT2D eigenvalue weighted by Gasteiger charge is -2.31. The summed E-state index contributed by atoms with van der Waals surface area (Å²) in [6.45, 7) is 5.05. The quantitative estimate of drug-likeness (QED) is 0.809. The van der Waals surface area contributed by atoms with Crippen molar-refractivity contribution in [3.8, 4) is 0 Å². The number of alkyl halides is 3. The lowest BCUT2D eigenvalue weighted by molar-refractivity contribution is -0.137. The molecular weight excluding hydrogens is 363 g/mol. The molecule has 2 heterocycles. The van der Waals surface area contributed by atoms with Gasteiger partial charge in [0.05, 0.1) is 27.6 Å². The second kappa shape index (κ2) is 7.26. The number of anilines is 2. The van der Waals surface area contributed by atoms with Gasteiger partial charge in [-0.25, -0.2) is 4.98 Å². The van der Waals surface area contributed by atoms with E-state index in [-0.39, 0.29) is 5.69 Å². The van der Waals surface area contributed by atoms with Crippen LogP contribution in [-0.2, 0) is 6.18 Å². The van der Waals surface area contributed by atoms with Crippen molar-refractivity contribution >= 4 is 28.6 Å². The van der Waals surface area contributed by atoms with Crippen LogP contribution in [0, 0.1) is 13.8 Å². The van der Waals surface area contributed by atoms with Crippen molar-refractivity contribution in [2.45, 2.75) is 39.3 Å². The molecule has 0 spiro atoms. The van der Waals surface area contributed by atoms with Gasteiger partial charge in [-0.3, -0.25) is 4.79 Å². The van der Waals surface area contributed by atoms with Crippen LogP contribution >= 0.6 is 11.3 Å². The summed E-state index contributed by atoms with van der Waals surface area (Å²) in [5.74, 6) is -0.425. The number of amides is 1. The van der Waals surface area contributed by atoms with Crippen molar-refractivity contribution in [2.75, 3.05) is 23.3 Å². The summed E-state index contributed by atoms with van der Waals surface area (Å²) < 4.78 is 39.4. The molecule has 0 bridgehead atoms. The van der Waals surface area contributed by atoms with E-state index in [1.165, 1.54) is 17.4 Å². The molecule has 3 rings (SSSR count). The summed E-state index contributed by atoms with van der Waals surface area (Å²) in [6, 6.07) is 3.54. The number of aromatic nitrogens is 1. The highest BCUT2D eigenvalue weighted by Gasteiger charge is 2.32. The maximum atomic E-state index is 13.1. The number of thiazole rings is 1. The first-order valence-corrected chi connectivity index (χ1v) is 9.29. The lowest BCUT2D eigenvalue weighted by Crippen LogP contribution is -2.30. The Kier molecular flexibility index (Phi) is 5.22. The molecule has 1 aromatic heterocycles. The zero-order valence-corrected chi connectivity index (χ0v) is 15.4. The smallest absolute Gasteiger partial charge is 0.370 e. The molecule has 0 aliphatic carbocycles. The van der Waals surface area contributed by atoms with Crippen LogP contribution in [0.4, 0.5) is 24.5 Å². The highest BCUT2D eigenvalue weighted by Crippen LogP contribution is 2.36. The molecular formula is C18H20F3N3OS. The molecule has 8 heteroatoms. The lowest BCUT2D eigenvalue weighted by atomic mass is 10.1. The number of hydrogen-bond donors (Lipinski definition) is 1. The van der Waals surface area contributed by atoms with Crippen LogP contribution in [0.15, 0.2) is 18.2 Å². The van der Waals surface area contributed by atoms with Crippen LogP contribution in [0.3, 0.4) is 0 Å². The Morgan fingerprint density at radius 2 is 1.88 bits per heavy atom. The summed E-state index contributed by atoms with van der Waals surface area (Å²) >= 11 is 1.23. The van der Waals surface area contributed by atoms with Crippen molar-refractivity contribution in [1.29, 1.82) is 0 Å². The molecule has 26 heavy (non-hydrogen) atoms. The molecule has 0 radical (unpaired) electrons. The molecule has 1 aromatic carbocycles. The number of aryl methyl sites for hydroxylation is 2. The van der Waals surface area contributed by atoms with Gasteiger partial charge in [0.15, 0.2) is 0 Å². The first kappa shape index (κ1) is 18.7. The van der Waals surface area contributed by atoms with Gasteiger partial charge in [-0.15, -0.1) is 11.3 Å². The third-order valence-electron chi connectivity index (χ3n) is 4.38. The van der Waals surface area contributed by atoms with E-state index >= 15 is 0 Å². The molecule has 1 amide bonds. The number of nitrogens with zero attached hydrogens (tertiary/aromatic N) is 2. The van der Waals surface area contributed by atoms with E-state index < -0.39 is 17.6 Å². The zero-order chi connectivity index (χ0) is 18.9. The van der Waals surface area contributed by atoms with Crippen molar-refractivity contribution in [3.63, 3.8) is 0 Å². The van der Waals surface area contributed by atoms with Crippen LogP contribution in [0.25, 0.3) is 0 Å². The summed E-state index contributed by atoms with van der Waals surface area (Å²) in [6.07, 6.45) is -1.38. The fourth-order valence-corrected chi connectivity index (χ4v) is 3.96. The number of hydrogen-bond acceptors (Lipinski definition) is 4. The van der Waals surface area contributed by atoms with E-state index in [1.807, 2.05) is 4.90 Å².